The van der Waals surface area contributed by atoms with Crippen molar-refractivity contribution in [2.75, 3.05) is 6.54 Å². The number of nitrogens with one attached hydrogen (secondary N) is 1. The summed E-state index contributed by atoms with van der Waals surface area (Å²) in [4.78, 5) is 4.35. The third kappa shape index (κ3) is 3.08. The Labute approximate surface area is 99.3 Å². The number of aromatic nitrogens is 2. The normalized spacial score (nSPS) is 15.1. The molecule has 3 nitrogen and oxygen atoms in total. The van der Waals surface area contributed by atoms with Gasteiger partial charge in [-0.25, -0.2) is 4.98 Å². The van der Waals surface area contributed by atoms with Crippen molar-refractivity contribution in [3.05, 3.63) is 17.7 Å². The van der Waals surface area contributed by atoms with E-state index < -0.39 is 0 Å². The Bertz CT molecular complexity index is 317. The Hall–Kier alpha value is -0.830. The van der Waals surface area contributed by atoms with Crippen LogP contribution >= 0.6 is 0 Å². The molecule has 0 radical (unpaired) electrons. The van der Waals surface area contributed by atoms with Crippen molar-refractivity contribution < 1.29 is 0 Å². The molecule has 0 fully saturated rings. The summed E-state index contributed by atoms with van der Waals surface area (Å²) in [7, 11) is 0. The summed E-state index contributed by atoms with van der Waals surface area (Å²) in [5.74, 6) is 0.696. The molecule has 16 heavy (non-hydrogen) atoms. The van der Waals surface area contributed by atoms with Gasteiger partial charge in [0, 0.05) is 18.3 Å². The third-order valence-corrected chi connectivity index (χ3v) is 3.54. The summed E-state index contributed by atoms with van der Waals surface area (Å²) in [6, 6.07) is 0.544. The van der Waals surface area contributed by atoms with Crippen molar-refractivity contribution in [1.29, 1.82) is 0 Å². The van der Waals surface area contributed by atoms with E-state index >= 15 is 0 Å². The minimum Gasteiger partial charge on any atom is -0.333 e. The van der Waals surface area contributed by atoms with Gasteiger partial charge in [0.05, 0.1) is 12.0 Å². The number of likely N-dealkylation sites (N-methyl/N-ethyl adjacent to an activating group) is 1. The van der Waals surface area contributed by atoms with Gasteiger partial charge in [-0.05, 0) is 26.3 Å². The fourth-order valence-corrected chi connectivity index (χ4v) is 1.93. The van der Waals surface area contributed by atoms with Gasteiger partial charge in [-0.2, -0.15) is 0 Å². The number of hydrogen-bond donors (Lipinski definition) is 1. The maximum absolute atomic E-state index is 4.35. The predicted octanol–water partition coefficient (Wildman–Crippen LogP) is 2.52. The van der Waals surface area contributed by atoms with E-state index in [2.05, 4.69) is 49.5 Å². The Morgan fingerprint density at radius 3 is 2.50 bits per heavy atom. The van der Waals surface area contributed by atoms with Gasteiger partial charge >= 0.3 is 0 Å². The molecule has 3 heteroatoms. The lowest BCUT2D eigenvalue weighted by Gasteiger charge is -2.24. The molecule has 0 aliphatic heterocycles. The second-order valence-electron chi connectivity index (χ2n) is 4.62. The fourth-order valence-electron chi connectivity index (χ4n) is 1.93. The number of imidazole rings is 1. The molecule has 1 aromatic rings. The van der Waals surface area contributed by atoms with Crippen molar-refractivity contribution >= 4 is 0 Å². The lowest BCUT2D eigenvalue weighted by molar-refractivity contribution is 0.333. The summed E-state index contributed by atoms with van der Waals surface area (Å²) >= 11 is 0. The molecule has 0 aliphatic carbocycles. The van der Waals surface area contributed by atoms with E-state index in [4.69, 9.17) is 0 Å². The van der Waals surface area contributed by atoms with Crippen LogP contribution in [0.15, 0.2) is 6.33 Å². The van der Waals surface area contributed by atoms with Crippen molar-refractivity contribution in [1.82, 2.24) is 14.9 Å². The van der Waals surface area contributed by atoms with Gasteiger partial charge in [0.2, 0.25) is 0 Å². The predicted molar refractivity (Wildman–Crippen MR) is 68.6 cm³/mol. The van der Waals surface area contributed by atoms with Gasteiger partial charge in [-0.15, -0.1) is 0 Å². The number of hydrogen-bond acceptors (Lipinski definition) is 2. The lowest BCUT2D eigenvalue weighted by Crippen LogP contribution is -2.38. The summed E-state index contributed by atoms with van der Waals surface area (Å²) in [5.41, 5.74) is 2.42. The smallest absolute Gasteiger partial charge is 0.0951 e. The largest absolute Gasteiger partial charge is 0.333 e. The van der Waals surface area contributed by atoms with Crippen molar-refractivity contribution in [2.24, 2.45) is 5.92 Å². The van der Waals surface area contributed by atoms with Crippen LogP contribution in [0.1, 0.15) is 38.6 Å². The molecule has 92 valence electrons. The standard InChI is InChI=1S/C13H25N3/c1-6-10(3)13(14-7-2)8-16-9-15-11(4)12(16)5/h9-10,13-14H,6-8H2,1-5H3. The van der Waals surface area contributed by atoms with E-state index in [9.17, 15) is 0 Å². The van der Waals surface area contributed by atoms with E-state index in [1.54, 1.807) is 0 Å². The van der Waals surface area contributed by atoms with Crippen LogP contribution in [0.4, 0.5) is 0 Å². The minimum atomic E-state index is 0.544. The highest BCUT2D eigenvalue weighted by Crippen LogP contribution is 2.12. The first kappa shape index (κ1) is 13.2. The zero-order valence-electron chi connectivity index (χ0n) is 11.2. The molecule has 0 saturated carbocycles. The molecule has 1 rings (SSSR count). The maximum atomic E-state index is 4.35. The third-order valence-electron chi connectivity index (χ3n) is 3.54. The molecule has 0 saturated heterocycles. The first-order valence-electron chi connectivity index (χ1n) is 6.31. The lowest BCUT2D eigenvalue weighted by atomic mass is 9.99. The minimum absolute atomic E-state index is 0.544. The zero-order chi connectivity index (χ0) is 12.1. The Kier molecular flexibility index (Phi) is 5.00. The van der Waals surface area contributed by atoms with Crippen LogP contribution in [0.2, 0.25) is 0 Å². The zero-order valence-corrected chi connectivity index (χ0v) is 11.2. The molecule has 0 aromatic carbocycles. The monoisotopic (exact) mass is 223 g/mol. The topological polar surface area (TPSA) is 29.9 Å². The number of aryl methyl sites for hydroxylation is 1. The van der Waals surface area contributed by atoms with Crippen LogP contribution in [0.25, 0.3) is 0 Å². The van der Waals surface area contributed by atoms with Gasteiger partial charge in [0.25, 0.3) is 0 Å². The first-order chi connectivity index (χ1) is 7.60. The van der Waals surface area contributed by atoms with Gasteiger partial charge in [0.1, 0.15) is 0 Å². The number of rotatable bonds is 6. The maximum Gasteiger partial charge on any atom is 0.0951 e. The second kappa shape index (κ2) is 6.04. The van der Waals surface area contributed by atoms with E-state index in [0.717, 1.165) is 18.8 Å². The Morgan fingerprint density at radius 2 is 2.06 bits per heavy atom. The molecule has 1 heterocycles. The van der Waals surface area contributed by atoms with Crippen LogP contribution in [0, 0.1) is 19.8 Å². The Morgan fingerprint density at radius 1 is 1.38 bits per heavy atom. The van der Waals surface area contributed by atoms with Crippen LogP contribution in [0.3, 0.4) is 0 Å². The van der Waals surface area contributed by atoms with E-state index in [0.29, 0.717) is 12.0 Å². The quantitative estimate of drug-likeness (QED) is 0.803. The van der Waals surface area contributed by atoms with E-state index in [1.807, 2.05) is 6.33 Å². The molecule has 2 unspecified atom stereocenters. The Balaban J connectivity index is 2.71. The molecular formula is C13H25N3. The summed E-state index contributed by atoms with van der Waals surface area (Å²) in [6.45, 7) is 13.0. The molecular weight excluding hydrogens is 198 g/mol. The fraction of sp³-hybridized carbons (Fsp3) is 0.769. The van der Waals surface area contributed by atoms with Crippen LogP contribution < -0.4 is 5.32 Å². The average Bonchev–Trinajstić information content (AvgIpc) is 2.59. The van der Waals surface area contributed by atoms with Gasteiger partial charge in [-0.1, -0.05) is 27.2 Å². The molecule has 1 aromatic heterocycles. The highest BCUT2D eigenvalue weighted by Gasteiger charge is 2.16. The molecule has 0 bridgehead atoms. The second-order valence-corrected chi connectivity index (χ2v) is 4.62. The van der Waals surface area contributed by atoms with Gasteiger partial charge < -0.3 is 9.88 Å². The van der Waals surface area contributed by atoms with Gasteiger partial charge in [0.15, 0.2) is 0 Å². The molecule has 1 N–H and O–H groups in total. The summed E-state index contributed by atoms with van der Waals surface area (Å²) in [5, 5.41) is 3.57. The van der Waals surface area contributed by atoms with Crippen molar-refractivity contribution in [2.45, 2.75) is 53.6 Å². The average molecular weight is 223 g/mol. The van der Waals surface area contributed by atoms with E-state index in [-0.39, 0.29) is 0 Å². The molecule has 0 amide bonds. The summed E-state index contributed by atoms with van der Waals surface area (Å²) in [6.07, 6.45) is 3.17. The van der Waals surface area contributed by atoms with Crippen LogP contribution in [-0.2, 0) is 6.54 Å². The van der Waals surface area contributed by atoms with Crippen LogP contribution in [-0.4, -0.2) is 22.1 Å². The molecule has 0 aliphatic rings. The highest BCUT2D eigenvalue weighted by molar-refractivity contribution is 5.08. The van der Waals surface area contributed by atoms with Crippen molar-refractivity contribution in [3.8, 4) is 0 Å². The van der Waals surface area contributed by atoms with Gasteiger partial charge in [-0.3, -0.25) is 0 Å². The highest BCUT2D eigenvalue weighted by atomic mass is 15.1. The van der Waals surface area contributed by atoms with Crippen LogP contribution in [0.5, 0.6) is 0 Å². The molecule has 0 spiro atoms. The number of nitrogens with zero attached hydrogens (tertiary/aromatic N) is 2. The summed E-state index contributed by atoms with van der Waals surface area (Å²) < 4.78 is 2.26. The SMILES string of the molecule is CCNC(Cn1cnc(C)c1C)C(C)CC. The van der Waals surface area contributed by atoms with Crippen molar-refractivity contribution in [3.63, 3.8) is 0 Å². The van der Waals surface area contributed by atoms with E-state index in [1.165, 1.54) is 12.1 Å². The first-order valence-corrected chi connectivity index (χ1v) is 6.31. The molecule has 2 atom stereocenters.